The minimum atomic E-state index is -1.15. The fourth-order valence-electron chi connectivity index (χ4n) is 1.70. The zero-order chi connectivity index (χ0) is 15.1. The van der Waals surface area contributed by atoms with Crippen molar-refractivity contribution in [2.45, 2.75) is 25.3 Å². The lowest BCUT2D eigenvalue weighted by molar-refractivity contribution is -0.117. The van der Waals surface area contributed by atoms with E-state index in [0.29, 0.717) is 37.9 Å². The van der Waals surface area contributed by atoms with Gasteiger partial charge in [-0.3, -0.25) is 14.6 Å². The van der Waals surface area contributed by atoms with Gasteiger partial charge in [-0.05, 0) is 12.8 Å². The Balaban J connectivity index is 2.56. The monoisotopic (exact) mass is 297 g/mol. The average Bonchev–Trinajstić information content (AvgIpc) is 2.44. The van der Waals surface area contributed by atoms with Crippen LogP contribution in [-0.2, 0) is 9.59 Å². The molecular formula is C12H19N5O2S. The maximum absolute atomic E-state index is 11.9. The number of nitrogens with zero attached hydrogens (tertiary/aromatic N) is 1. The number of carbonyl (C=O) groups is 2. The first-order chi connectivity index (χ1) is 9.45. The van der Waals surface area contributed by atoms with Crippen molar-refractivity contribution in [2.75, 3.05) is 13.1 Å². The number of aliphatic imine (C=N–C) groups is 1. The lowest BCUT2D eigenvalue weighted by Crippen LogP contribution is -2.50. The molecule has 0 radical (unpaired) electrons. The van der Waals surface area contributed by atoms with Gasteiger partial charge in [0.25, 0.3) is 5.91 Å². The molecule has 7 nitrogen and oxygen atoms in total. The fourth-order valence-corrected chi connectivity index (χ4v) is 1.90. The summed E-state index contributed by atoms with van der Waals surface area (Å²) in [6.07, 6.45) is 3.71. The predicted octanol–water partition coefficient (Wildman–Crippen LogP) is -1.25. The van der Waals surface area contributed by atoms with Crippen LogP contribution >= 0.6 is 12.2 Å². The molecule has 0 aromatic carbocycles. The highest BCUT2D eigenvalue weighted by molar-refractivity contribution is 7.80. The van der Waals surface area contributed by atoms with Crippen molar-refractivity contribution in [2.24, 2.45) is 22.2 Å². The minimum absolute atomic E-state index is 0.0639. The quantitative estimate of drug-likeness (QED) is 0.470. The number of allylic oxidation sites excluding steroid dienone is 1. The van der Waals surface area contributed by atoms with Crippen LogP contribution in [0.1, 0.15) is 19.3 Å². The number of carbonyl (C=O) groups excluding carboxylic acids is 2. The van der Waals surface area contributed by atoms with Crippen LogP contribution in [-0.4, -0.2) is 41.6 Å². The second-order valence-electron chi connectivity index (χ2n) is 4.37. The lowest BCUT2D eigenvalue weighted by Gasteiger charge is -2.16. The number of primary amides is 1. The maximum Gasteiger partial charge on any atom is 0.251 e. The third-order valence-corrected chi connectivity index (χ3v) is 3.20. The van der Waals surface area contributed by atoms with E-state index in [0.717, 1.165) is 5.71 Å². The molecular weight excluding hydrogens is 278 g/mol. The van der Waals surface area contributed by atoms with Crippen LogP contribution in [0.3, 0.4) is 0 Å². The normalized spacial score (nSPS) is 18.3. The van der Waals surface area contributed by atoms with Gasteiger partial charge in [-0.1, -0.05) is 18.3 Å². The van der Waals surface area contributed by atoms with Gasteiger partial charge in [0.15, 0.2) is 0 Å². The first-order valence-electron chi connectivity index (χ1n) is 6.27. The van der Waals surface area contributed by atoms with Crippen LogP contribution in [0.25, 0.3) is 0 Å². The molecule has 0 heterocycles. The fraction of sp³-hybridized carbons (Fsp3) is 0.500. The van der Waals surface area contributed by atoms with Gasteiger partial charge >= 0.3 is 0 Å². The van der Waals surface area contributed by atoms with E-state index >= 15 is 0 Å². The third-order valence-electron chi connectivity index (χ3n) is 2.85. The topological polar surface area (TPSA) is 137 Å². The number of nitrogens with two attached hydrogens (primary N) is 3. The molecule has 110 valence electrons. The van der Waals surface area contributed by atoms with Crippen molar-refractivity contribution in [3.8, 4) is 0 Å². The van der Waals surface area contributed by atoms with E-state index in [4.69, 9.17) is 29.4 Å². The van der Waals surface area contributed by atoms with Gasteiger partial charge in [-0.25, -0.2) is 0 Å². The van der Waals surface area contributed by atoms with Gasteiger partial charge < -0.3 is 22.5 Å². The van der Waals surface area contributed by atoms with Gasteiger partial charge in [0.1, 0.15) is 11.0 Å². The summed E-state index contributed by atoms with van der Waals surface area (Å²) in [6.45, 7) is 1.11. The predicted molar refractivity (Wildman–Crippen MR) is 81.2 cm³/mol. The van der Waals surface area contributed by atoms with Crippen LogP contribution in [0, 0.1) is 0 Å². The van der Waals surface area contributed by atoms with E-state index < -0.39 is 11.9 Å². The van der Waals surface area contributed by atoms with Gasteiger partial charge in [0, 0.05) is 24.3 Å². The van der Waals surface area contributed by atoms with Crippen molar-refractivity contribution >= 4 is 34.7 Å². The average molecular weight is 297 g/mol. The number of rotatable bonds is 5. The second kappa shape index (κ2) is 7.83. The molecule has 1 aliphatic carbocycles. The van der Waals surface area contributed by atoms with E-state index in [9.17, 15) is 9.59 Å². The van der Waals surface area contributed by atoms with Gasteiger partial charge in [0.05, 0.1) is 6.54 Å². The van der Waals surface area contributed by atoms with E-state index in [1.165, 1.54) is 0 Å². The van der Waals surface area contributed by atoms with E-state index in [2.05, 4.69) is 10.3 Å². The Bertz CT molecular complexity index is 472. The first kappa shape index (κ1) is 16.4. The first-order valence-corrected chi connectivity index (χ1v) is 6.68. The highest BCUT2D eigenvalue weighted by atomic mass is 32.1. The maximum atomic E-state index is 11.9. The van der Waals surface area contributed by atoms with Gasteiger partial charge in [-0.2, -0.15) is 0 Å². The highest BCUT2D eigenvalue weighted by Crippen LogP contribution is 2.16. The zero-order valence-electron chi connectivity index (χ0n) is 11.1. The third kappa shape index (κ3) is 4.80. The molecule has 20 heavy (non-hydrogen) atoms. The highest BCUT2D eigenvalue weighted by Gasteiger charge is 2.20. The summed E-state index contributed by atoms with van der Waals surface area (Å²) < 4.78 is 0. The second-order valence-corrected chi connectivity index (χ2v) is 4.81. The molecule has 2 amide bonds. The number of hydrogen-bond acceptors (Lipinski definition) is 6. The molecule has 0 bridgehead atoms. The van der Waals surface area contributed by atoms with Crippen LogP contribution in [0.5, 0.6) is 0 Å². The van der Waals surface area contributed by atoms with Crippen molar-refractivity contribution in [3.63, 3.8) is 0 Å². The van der Waals surface area contributed by atoms with Crippen LogP contribution in [0.2, 0.25) is 0 Å². The summed E-state index contributed by atoms with van der Waals surface area (Å²) in [6, 6.07) is -1.15. The molecule has 0 saturated heterocycles. The van der Waals surface area contributed by atoms with E-state index in [-0.39, 0.29) is 10.9 Å². The van der Waals surface area contributed by atoms with E-state index in [1.807, 2.05) is 0 Å². The summed E-state index contributed by atoms with van der Waals surface area (Å²) in [5.74, 6) is -1.12. The number of thiocarbonyl (C=S) groups is 1. The summed E-state index contributed by atoms with van der Waals surface area (Å²) in [5, 5.41) is 2.43. The van der Waals surface area contributed by atoms with E-state index in [1.54, 1.807) is 6.08 Å². The largest absolute Gasteiger partial charge is 0.368 e. The smallest absolute Gasteiger partial charge is 0.251 e. The summed E-state index contributed by atoms with van der Waals surface area (Å²) in [7, 11) is 0. The number of amides is 2. The van der Waals surface area contributed by atoms with Crippen molar-refractivity contribution in [3.05, 3.63) is 11.6 Å². The summed E-state index contributed by atoms with van der Waals surface area (Å²) in [5.41, 5.74) is 17.5. The minimum Gasteiger partial charge on any atom is -0.368 e. The summed E-state index contributed by atoms with van der Waals surface area (Å²) >= 11 is 4.86. The molecule has 0 spiro atoms. The molecule has 1 rings (SSSR count). The Morgan fingerprint density at radius 2 is 2.15 bits per heavy atom. The Morgan fingerprint density at radius 3 is 2.65 bits per heavy atom. The zero-order valence-corrected chi connectivity index (χ0v) is 11.9. The van der Waals surface area contributed by atoms with Crippen LogP contribution in [0.15, 0.2) is 16.6 Å². The SMILES string of the molecule is NCCN=C1CC=C(C(=O)NC(=S)C(N)C(N)=O)CC1. The van der Waals surface area contributed by atoms with Crippen LogP contribution in [0.4, 0.5) is 0 Å². The molecule has 0 fully saturated rings. The molecule has 0 aromatic rings. The number of nitrogens with one attached hydrogen (secondary N) is 1. The standard InChI is InChI=1S/C12H19N5O2S/c13-5-6-16-8-3-1-7(2-4-8)11(19)17-12(20)9(14)10(15)18/h1,9H,2-6,13-14H2,(H2,15,18)(H,17,19,20). The Hall–Kier alpha value is -1.64. The Morgan fingerprint density at radius 1 is 1.45 bits per heavy atom. The Labute approximate surface area is 122 Å². The van der Waals surface area contributed by atoms with Gasteiger partial charge in [0.2, 0.25) is 5.91 Å². The molecule has 0 aromatic heterocycles. The molecule has 1 atom stereocenters. The Kier molecular flexibility index (Phi) is 6.43. The molecule has 0 saturated carbocycles. The van der Waals surface area contributed by atoms with Gasteiger partial charge in [-0.15, -0.1) is 0 Å². The molecule has 1 unspecified atom stereocenters. The van der Waals surface area contributed by atoms with Crippen molar-refractivity contribution in [1.82, 2.24) is 5.32 Å². The van der Waals surface area contributed by atoms with Crippen LogP contribution < -0.4 is 22.5 Å². The molecule has 1 aliphatic rings. The van der Waals surface area contributed by atoms with Crippen molar-refractivity contribution < 1.29 is 9.59 Å². The number of hydrogen-bond donors (Lipinski definition) is 4. The molecule has 7 N–H and O–H groups in total. The lowest BCUT2D eigenvalue weighted by atomic mass is 9.97. The molecule has 8 heteroatoms. The molecule has 0 aliphatic heterocycles. The summed E-state index contributed by atoms with van der Waals surface area (Å²) in [4.78, 5) is 27.0. The van der Waals surface area contributed by atoms with Crippen molar-refractivity contribution in [1.29, 1.82) is 0 Å².